The highest BCUT2D eigenvalue weighted by molar-refractivity contribution is 6.02. The minimum atomic E-state index is -0.539. The standard InChI is InChI=1S/C16H20N6O2/c1-10-8-12(4-6-17-10)18-16(24)19-13-5-7-22(15(13)23)14-9-11(2)20-21(14)3/h4,6,8-9,13H,5,7H2,1-3H3,(H2,17,18,19,24)/t13-/m1/s1. The van der Waals surface area contributed by atoms with Gasteiger partial charge in [-0.25, -0.2) is 4.79 Å². The topological polar surface area (TPSA) is 92.2 Å². The van der Waals surface area contributed by atoms with E-state index in [2.05, 4.69) is 20.7 Å². The normalized spacial score (nSPS) is 17.2. The molecule has 0 saturated carbocycles. The Bertz CT molecular complexity index is 785. The summed E-state index contributed by atoms with van der Waals surface area (Å²) >= 11 is 0. The predicted octanol–water partition coefficient (Wildman–Crippen LogP) is 1.36. The van der Waals surface area contributed by atoms with Crippen molar-refractivity contribution in [1.82, 2.24) is 20.1 Å². The molecule has 1 fully saturated rings. The molecule has 0 aliphatic carbocycles. The minimum Gasteiger partial charge on any atom is -0.326 e. The molecule has 0 unspecified atom stereocenters. The third-order valence-electron chi connectivity index (χ3n) is 3.92. The van der Waals surface area contributed by atoms with Gasteiger partial charge in [0, 0.05) is 37.2 Å². The molecule has 2 N–H and O–H groups in total. The van der Waals surface area contributed by atoms with Crippen molar-refractivity contribution in [3.8, 4) is 0 Å². The molecule has 8 nitrogen and oxygen atoms in total. The van der Waals surface area contributed by atoms with Crippen molar-refractivity contribution >= 4 is 23.4 Å². The van der Waals surface area contributed by atoms with Crippen LogP contribution in [0, 0.1) is 13.8 Å². The maximum absolute atomic E-state index is 12.5. The van der Waals surface area contributed by atoms with Gasteiger partial charge in [-0.15, -0.1) is 0 Å². The van der Waals surface area contributed by atoms with Crippen LogP contribution in [0.1, 0.15) is 17.8 Å². The number of carbonyl (C=O) groups is 2. The molecule has 0 aromatic carbocycles. The molecular formula is C16H20N6O2. The van der Waals surface area contributed by atoms with Gasteiger partial charge in [0.1, 0.15) is 11.9 Å². The molecule has 2 aromatic heterocycles. The Morgan fingerprint density at radius 2 is 2.08 bits per heavy atom. The first kappa shape index (κ1) is 16.0. The third-order valence-corrected chi connectivity index (χ3v) is 3.92. The van der Waals surface area contributed by atoms with E-state index in [4.69, 9.17) is 0 Å². The van der Waals surface area contributed by atoms with Crippen molar-refractivity contribution in [2.75, 3.05) is 16.8 Å². The second-order valence-electron chi connectivity index (χ2n) is 5.88. The molecule has 0 bridgehead atoms. The number of aromatic nitrogens is 3. The zero-order valence-electron chi connectivity index (χ0n) is 13.9. The number of anilines is 2. The first-order valence-electron chi connectivity index (χ1n) is 7.76. The third kappa shape index (κ3) is 3.22. The van der Waals surface area contributed by atoms with E-state index in [1.807, 2.05) is 19.9 Å². The summed E-state index contributed by atoms with van der Waals surface area (Å²) in [6.07, 6.45) is 2.18. The Balaban J connectivity index is 1.63. The molecule has 0 spiro atoms. The molecule has 3 rings (SSSR count). The van der Waals surface area contributed by atoms with Gasteiger partial charge >= 0.3 is 6.03 Å². The quantitative estimate of drug-likeness (QED) is 0.890. The average Bonchev–Trinajstić information content (AvgIpc) is 3.02. The summed E-state index contributed by atoms with van der Waals surface area (Å²) in [5, 5.41) is 9.71. The van der Waals surface area contributed by atoms with Gasteiger partial charge in [0.05, 0.1) is 5.69 Å². The molecule has 0 radical (unpaired) electrons. The first-order chi connectivity index (χ1) is 11.4. The SMILES string of the molecule is Cc1cc(NC(=O)N[C@@H]2CCN(c3cc(C)nn3C)C2=O)ccn1. The number of rotatable bonds is 3. The van der Waals surface area contributed by atoms with Gasteiger partial charge in [-0.2, -0.15) is 5.10 Å². The smallest absolute Gasteiger partial charge is 0.319 e. The van der Waals surface area contributed by atoms with Gasteiger partial charge < -0.3 is 10.6 Å². The molecule has 1 aliphatic rings. The van der Waals surface area contributed by atoms with Gasteiger partial charge in [0.2, 0.25) is 0 Å². The van der Waals surface area contributed by atoms with Crippen molar-refractivity contribution in [3.05, 3.63) is 35.8 Å². The minimum absolute atomic E-state index is 0.126. The molecule has 2 aromatic rings. The summed E-state index contributed by atoms with van der Waals surface area (Å²) in [7, 11) is 1.80. The van der Waals surface area contributed by atoms with Gasteiger partial charge in [-0.1, -0.05) is 0 Å². The fourth-order valence-electron chi connectivity index (χ4n) is 2.84. The van der Waals surface area contributed by atoms with Crippen LogP contribution >= 0.6 is 0 Å². The highest BCUT2D eigenvalue weighted by Crippen LogP contribution is 2.22. The Hall–Kier alpha value is -2.90. The van der Waals surface area contributed by atoms with Crippen molar-refractivity contribution in [2.24, 2.45) is 7.05 Å². The van der Waals surface area contributed by atoms with Crippen LogP contribution in [-0.2, 0) is 11.8 Å². The number of carbonyl (C=O) groups excluding carboxylic acids is 2. The van der Waals surface area contributed by atoms with Gasteiger partial charge in [0.25, 0.3) is 5.91 Å². The van der Waals surface area contributed by atoms with Crippen LogP contribution in [-0.4, -0.2) is 39.3 Å². The van der Waals surface area contributed by atoms with E-state index in [-0.39, 0.29) is 5.91 Å². The van der Waals surface area contributed by atoms with Crippen LogP contribution in [0.15, 0.2) is 24.4 Å². The Kier molecular flexibility index (Phi) is 4.20. The maximum atomic E-state index is 12.5. The molecule has 126 valence electrons. The van der Waals surface area contributed by atoms with E-state index in [1.54, 1.807) is 35.0 Å². The summed E-state index contributed by atoms with van der Waals surface area (Å²) in [6.45, 7) is 4.28. The zero-order chi connectivity index (χ0) is 17.3. The summed E-state index contributed by atoms with van der Waals surface area (Å²) in [5.74, 6) is 0.617. The van der Waals surface area contributed by atoms with Crippen molar-refractivity contribution < 1.29 is 9.59 Å². The molecule has 1 atom stereocenters. The van der Waals surface area contributed by atoms with E-state index >= 15 is 0 Å². The van der Waals surface area contributed by atoms with Gasteiger partial charge in [0.15, 0.2) is 0 Å². The number of pyridine rings is 1. The number of hydrogen-bond donors (Lipinski definition) is 2. The molecule has 1 aliphatic heterocycles. The summed E-state index contributed by atoms with van der Waals surface area (Å²) in [4.78, 5) is 30.4. The number of aryl methyl sites for hydroxylation is 3. The molecule has 24 heavy (non-hydrogen) atoms. The Morgan fingerprint density at radius 1 is 1.29 bits per heavy atom. The maximum Gasteiger partial charge on any atom is 0.319 e. The van der Waals surface area contributed by atoms with Crippen molar-refractivity contribution in [3.63, 3.8) is 0 Å². The van der Waals surface area contributed by atoms with Crippen molar-refractivity contribution in [1.29, 1.82) is 0 Å². The summed E-state index contributed by atoms with van der Waals surface area (Å²) in [6, 6.07) is 4.39. The lowest BCUT2D eigenvalue weighted by atomic mass is 10.2. The van der Waals surface area contributed by atoms with Gasteiger partial charge in [-0.05, 0) is 32.4 Å². The largest absolute Gasteiger partial charge is 0.326 e. The monoisotopic (exact) mass is 328 g/mol. The van der Waals surface area contributed by atoms with Gasteiger partial charge in [-0.3, -0.25) is 19.4 Å². The number of urea groups is 1. The first-order valence-corrected chi connectivity index (χ1v) is 7.76. The van der Waals surface area contributed by atoms with E-state index in [9.17, 15) is 9.59 Å². The van der Waals surface area contributed by atoms with Crippen LogP contribution in [0.5, 0.6) is 0 Å². The molecule has 3 heterocycles. The van der Waals surface area contributed by atoms with Crippen LogP contribution in [0.2, 0.25) is 0 Å². The molecule has 1 saturated heterocycles. The van der Waals surface area contributed by atoms with E-state index < -0.39 is 12.1 Å². The molecular weight excluding hydrogens is 308 g/mol. The lowest BCUT2D eigenvalue weighted by Gasteiger charge is -2.17. The summed E-state index contributed by atoms with van der Waals surface area (Å²) < 4.78 is 1.68. The van der Waals surface area contributed by atoms with Crippen LogP contribution < -0.4 is 15.5 Å². The number of nitrogens with zero attached hydrogens (tertiary/aromatic N) is 4. The Labute approximate surface area is 139 Å². The fourth-order valence-corrected chi connectivity index (χ4v) is 2.84. The molecule has 3 amide bonds. The fraction of sp³-hybridized carbons (Fsp3) is 0.375. The van der Waals surface area contributed by atoms with Crippen LogP contribution in [0.4, 0.5) is 16.3 Å². The zero-order valence-corrected chi connectivity index (χ0v) is 13.9. The lowest BCUT2D eigenvalue weighted by molar-refractivity contribution is -0.118. The second-order valence-corrected chi connectivity index (χ2v) is 5.88. The van der Waals surface area contributed by atoms with Crippen molar-refractivity contribution in [2.45, 2.75) is 26.3 Å². The highest BCUT2D eigenvalue weighted by Gasteiger charge is 2.35. The number of amides is 3. The van der Waals surface area contributed by atoms with Crippen LogP contribution in [0.25, 0.3) is 0 Å². The Morgan fingerprint density at radius 3 is 2.75 bits per heavy atom. The van der Waals surface area contributed by atoms with E-state index in [0.717, 1.165) is 17.2 Å². The second kappa shape index (κ2) is 6.31. The lowest BCUT2D eigenvalue weighted by Crippen LogP contribution is -2.43. The predicted molar refractivity (Wildman–Crippen MR) is 89.8 cm³/mol. The molecule has 8 heteroatoms. The van der Waals surface area contributed by atoms with Crippen LogP contribution in [0.3, 0.4) is 0 Å². The summed E-state index contributed by atoms with van der Waals surface area (Å²) in [5.41, 5.74) is 2.30. The number of hydrogen-bond acceptors (Lipinski definition) is 4. The highest BCUT2D eigenvalue weighted by atomic mass is 16.2. The average molecular weight is 328 g/mol. The van der Waals surface area contributed by atoms with E-state index in [0.29, 0.717) is 18.7 Å². The number of nitrogens with one attached hydrogen (secondary N) is 2. The van der Waals surface area contributed by atoms with E-state index in [1.165, 1.54) is 0 Å².